The van der Waals surface area contributed by atoms with Crippen LogP contribution in [-0.2, 0) is 18.9 Å². The van der Waals surface area contributed by atoms with Gasteiger partial charge < -0.3 is 111 Å². The maximum atomic E-state index is 12.6. The standard InChI is InChI=1S/C15H30N2O10.C13H26N2O11.C4H8N2O2/c1-7-4-16(11(21)13(23)26-5-8(2)18)15(25)17(10(7)20)12(22)14(24)27-6-9(3)19;1-5(16)3-25-11(22)9(20)14-7(18)8(19)15(13(14)24)10(21)12(23)26-4-6(2)17;1-2-3(7)6-4(8)5-2/h7-14,18-24H,4-6H2,1-3H3;5-12,16-23H,3-4H2,1-2H3;2-3,7H,1H3,(H2,5,6,8). The third-order valence-electron chi connectivity index (χ3n) is 8.36. The molecule has 6 amide bonds. The second-order valence-electron chi connectivity index (χ2n) is 14.5. The Morgan fingerprint density at radius 1 is 0.508 bits per heavy atom. The van der Waals surface area contributed by atoms with Crippen LogP contribution in [0.5, 0.6) is 0 Å². The van der Waals surface area contributed by atoms with Crippen LogP contribution in [-0.4, -0.2) is 258 Å². The van der Waals surface area contributed by atoms with E-state index in [-0.39, 0.29) is 41.6 Å². The van der Waals surface area contributed by atoms with Crippen molar-refractivity contribution in [2.45, 2.75) is 147 Å². The van der Waals surface area contributed by atoms with Crippen LogP contribution >= 0.6 is 0 Å². The Balaban J connectivity index is 0.000000515. The fourth-order valence-corrected chi connectivity index (χ4v) is 5.14. The second kappa shape index (κ2) is 26.0. The van der Waals surface area contributed by atoms with Gasteiger partial charge in [0.25, 0.3) is 0 Å². The minimum Gasteiger partial charge on any atom is -0.391 e. The highest BCUT2D eigenvalue weighted by Gasteiger charge is 2.52. The molecule has 29 heteroatoms. The summed E-state index contributed by atoms with van der Waals surface area (Å²) >= 11 is 0. The molecule has 3 aliphatic heterocycles. The number of hydrogen-bond acceptors (Lipinski definition) is 23. The van der Waals surface area contributed by atoms with Crippen molar-refractivity contribution in [1.82, 2.24) is 30.2 Å². The summed E-state index contributed by atoms with van der Waals surface area (Å²) in [4.78, 5) is 36.8. The Morgan fingerprint density at radius 3 is 1.08 bits per heavy atom. The van der Waals surface area contributed by atoms with Crippen LogP contribution in [0, 0.1) is 5.92 Å². The highest BCUT2D eigenvalue weighted by atomic mass is 16.6. The molecule has 3 saturated heterocycles. The van der Waals surface area contributed by atoms with E-state index < -0.39 is 131 Å². The normalized spacial score (nSPS) is 29.0. The zero-order chi connectivity index (χ0) is 47.2. The van der Waals surface area contributed by atoms with Crippen molar-refractivity contribution in [1.29, 1.82) is 0 Å². The molecule has 18 unspecified atom stereocenters. The first-order valence-corrected chi connectivity index (χ1v) is 18.8. The molecule has 18 atom stereocenters. The number of hydrogen-bond donors (Lipinski definition) is 18. The van der Waals surface area contributed by atoms with E-state index in [4.69, 9.17) is 44.5 Å². The molecule has 61 heavy (non-hydrogen) atoms. The lowest BCUT2D eigenvalue weighted by Crippen LogP contribution is -2.67. The molecule has 0 bridgehead atoms. The highest BCUT2D eigenvalue weighted by molar-refractivity contribution is 5.78. The quantitative estimate of drug-likeness (QED) is 0.0505. The summed E-state index contributed by atoms with van der Waals surface area (Å²) < 4.78 is 19.1. The van der Waals surface area contributed by atoms with Crippen molar-refractivity contribution in [3.05, 3.63) is 0 Å². The molecule has 3 aliphatic rings. The summed E-state index contributed by atoms with van der Waals surface area (Å²) in [5.41, 5.74) is 0. The van der Waals surface area contributed by atoms with Crippen LogP contribution in [0.1, 0.15) is 41.5 Å². The van der Waals surface area contributed by atoms with Crippen LogP contribution in [0.3, 0.4) is 0 Å². The smallest absolute Gasteiger partial charge is 0.328 e. The molecular weight excluding hydrogens is 836 g/mol. The first-order valence-electron chi connectivity index (χ1n) is 18.8. The minimum atomic E-state index is -2.15. The summed E-state index contributed by atoms with van der Waals surface area (Å²) in [5, 5.41) is 159. The van der Waals surface area contributed by atoms with Crippen LogP contribution in [0.2, 0.25) is 0 Å². The number of nitrogens with zero attached hydrogens (tertiary/aromatic N) is 4. The predicted octanol–water partition coefficient (Wildman–Crippen LogP) is -8.82. The predicted molar refractivity (Wildman–Crippen MR) is 196 cm³/mol. The van der Waals surface area contributed by atoms with Crippen LogP contribution in [0.15, 0.2) is 0 Å². The summed E-state index contributed by atoms with van der Waals surface area (Å²) in [5.74, 6) is -0.681. The number of aliphatic hydroxyl groups excluding tert-OH is 16. The monoisotopic (exact) mass is 900 g/mol. The molecule has 0 saturated carbocycles. The van der Waals surface area contributed by atoms with Crippen molar-refractivity contribution < 1.29 is 115 Å². The summed E-state index contributed by atoms with van der Waals surface area (Å²) in [6.45, 7) is 7.12. The van der Waals surface area contributed by atoms with Gasteiger partial charge in [0.1, 0.15) is 12.5 Å². The van der Waals surface area contributed by atoms with E-state index in [2.05, 4.69) is 10.6 Å². The topological polar surface area (TPSA) is 449 Å². The molecule has 0 aromatic rings. The molecule has 0 aromatic carbocycles. The molecule has 18 N–H and O–H groups in total. The summed E-state index contributed by atoms with van der Waals surface area (Å²) in [6, 6.07) is -2.89. The first-order chi connectivity index (χ1) is 28.1. The van der Waals surface area contributed by atoms with Crippen molar-refractivity contribution >= 4 is 18.1 Å². The minimum absolute atomic E-state index is 0.164. The average molecular weight is 901 g/mol. The van der Waals surface area contributed by atoms with Gasteiger partial charge in [0.05, 0.1) is 56.9 Å². The van der Waals surface area contributed by atoms with Gasteiger partial charge in [-0.05, 0) is 34.6 Å². The SMILES string of the molecule is CC(O)COC(O)C(O)N1C(=O)N(C(O)C(O)OCC(C)O)C(O)C1O.CC(O)COC(O)C(O)N1CC(C)C(O)N(C(O)C(O)OCC(C)O)C1=O.CC1NC(=O)NC1O. The van der Waals surface area contributed by atoms with Gasteiger partial charge in [-0.1, -0.05) is 6.92 Å². The second-order valence-corrected chi connectivity index (χ2v) is 14.5. The van der Waals surface area contributed by atoms with Gasteiger partial charge >= 0.3 is 18.1 Å². The first kappa shape index (κ1) is 56.0. The number of carbonyl (C=O) groups is 3. The number of nitrogens with one attached hydrogen (secondary N) is 2. The lowest BCUT2D eigenvalue weighted by Gasteiger charge is -2.46. The Bertz CT molecular complexity index is 1260. The molecule has 3 heterocycles. The molecule has 360 valence electrons. The lowest BCUT2D eigenvalue weighted by molar-refractivity contribution is -0.249. The molecule has 3 fully saturated rings. The van der Waals surface area contributed by atoms with Crippen molar-refractivity contribution in [2.24, 2.45) is 5.92 Å². The maximum absolute atomic E-state index is 12.6. The van der Waals surface area contributed by atoms with Gasteiger partial charge in [-0.2, -0.15) is 0 Å². The van der Waals surface area contributed by atoms with E-state index in [0.29, 0.717) is 4.90 Å². The Kier molecular flexibility index (Phi) is 23.8. The number of carbonyl (C=O) groups excluding carboxylic acids is 3. The number of urea groups is 3. The van der Waals surface area contributed by atoms with Gasteiger partial charge in [0.15, 0.2) is 37.4 Å². The van der Waals surface area contributed by atoms with E-state index in [0.717, 1.165) is 4.90 Å². The molecule has 0 radical (unpaired) electrons. The number of ether oxygens (including phenoxy) is 4. The third-order valence-corrected chi connectivity index (χ3v) is 8.36. The largest absolute Gasteiger partial charge is 0.391 e. The molecule has 29 nitrogen and oxygen atoms in total. The number of aliphatic hydroxyl groups is 16. The number of rotatable bonds is 20. The Labute approximate surface area is 349 Å². The lowest BCUT2D eigenvalue weighted by atomic mass is 10.1. The third kappa shape index (κ3) is 16.9. The van der Waals surface area contributed by atoms with Crippen LogP contribution < -0.4 is 10.6 Å². The zero-order valence-corrected chi connectivity index (χ0v) is 34.2. The highest BCUT2D eigenvalue weighted by Crippen LogP contribution is 2.27. The zero-order valence-electron chi connectivity index (χ0n) is 34.2. The molecule has 0 aliphatic carbocycles. The molecular formula is C32H64N6O23. The van der Waals surface area contributed by atoms with Gasteiger partial charge in [-0.3, -0.25) is 19.6 Å². The van der Waals surface area contributed by atoms with E-state index in [9.17, 15) is 70.6 Å². The van der Waals surface area contributed by atoms with E-state index in [1.807, 2.05) is 0 Å². The van der Waals surface area contributed by atoms with Crippen molar-refractivity contribution in [2.75, 3.05) is 33.0 Å². The van der Waals surface area contributed by atoms with E-state index in [1.54, 1.807) is 6.92 Å². The van der Waals surface area contributed by atoms with E-state index in [1.165, 1.54) is 34.6 Å². The maximum Gasteiger partial charge on any atom is 0.328 e. The van der Waals surface area contributed by atoms with Crippen molar-refractivity contribution in [3.63, 3.8) is 0 Å². The van der Waals surface area contributed by atoms with Gasteiger partial charge in [-0.25, -0.2) is 14.4 Å². The van der Waals surface area contributed by atoms with Crippen molar-refractivity contribution in [3.8, 4) is 0 Å². The van der Waals surface area contributed by atoms with E-state index >= 15 is 0 Å². The fourth-order valence-electron chi connectivity index (χ4n) is 5.14. The number of amides is 6. The van der Waals surface area contributed by atoms with Gasteiger partial charge in [0, 0.05) is 12.5 Å². The van der Waals surface area contributed by atoms with Crippen LogP contribution in [0.25, 0.3) is 0 Å². The van der Waals surface area contributed by atoms with Gasteiger partial charge in [-0.15, -0.1) is 0 Å². The summed E-state index contributed by atoms with van der Waals surface area (Å²) in [7, 11) is 0. The average Bonchev–Trinajstić information content (AvgIpc) is 3.60. The Hall–Kier alpha value is -2.99. The van der Waals surface area contributed by atoms with Gasteiger partial charge in [0.2, 0.25) is 25.2 Å². The molecule has 0 aromatic heterocycles. The Morgan fingerprint density at radius 2 is 0.820 bits per heavy atom. The molecule has 0 spiro atoms. The summed E-state index contributed by atoms with van der Waals surface area (Å²) in [6.07, 6.45) is -26.2. The van der Waals surface area contributed by atoms with Crippen LogP contribution in [0.4, 0.5) is 14.4 Å². The molecule has 3 rings (SSSR count). The fraction of sp³-hybridized carbons (Fsp3) is 0.906.